The minimum atomic E-state index is -0.589. The van der Waals surface area contributed by atoms with Gasteiger partial charge in [0.2, 0.25) is 0 Å². The van der Waals surface area contributed by atoms with Crippen molar-refractivity contribution in [2.45, 2.75) is 12.1 Å². The van der Waals surface area contributed by atoms with E-state index in [4.69, 9.17) is 46.4 Å². The Labute approximate surface area is 202 Å². The molecule has 1 saturated heterocycles. The average molecular weight is 496 g/mol. The summed E-state index contributed by atoms with van der Waals surface area (Å²) < 4.78 is 0. The molecule has 0 aromatic heterocycles. The number of aliphatic hydroxyl groups excluding tert-OH is 1. The molecule has 0 saturated carbocycles. The van der Waals surface area contributed by atoms with Gasteiger partial charge in [-0.2, -0.15) is 0 Å². The highest BCUT2D eigenvalue weighted by Gasteiger charge is 2.30. The number of rotatable bonds is 5. The lowest BCUT2D eigenvalue weighted by Gasteiger charge is -2.44. The van der Waals surface area contributed by atoms with E-state index >= 15 is 0 Å². The zero-order chi connectivity index (χ0) is 22.0. The lowest BCUT2D eigenvalue weighted by molar-refractivity contribution is 0.100. The quantitative estimate of drug-likeness (QED) is 0.417. The summed E-state index contributed by atoms with van der Waals surface area (Å²) in [5.74, 6) is 0. The monoisotopic (exact) mass is 494 g/mol. The minimum Gasteiger partial charge on any atom is -0.387 e. The van der Waals surface area contributed by atoms with Gasteiger partial charge in [-0.3, -0.25) is 4.90 Å². The molecule has 0 spiro atoms. The van der Waals surface area contributed by atoms with Crippen LogP contribution in [0.5, 0.6) is 0 Å². The zero-order valence-corrected chi connectivity index (χ0v) is 19.7. The van der Waals surface area contributed by atoms with Gasteiger partial charge in [0, 0.05) is 41.2 Å². The summed E-state index contributed by atoms with van der Waals surface area (Å²) in [6, 6.07) is 20.9. The number of anilines is 1. The van der Waals surface area contributed by atoms with Crippen LogP contribution in [0.1, 0.15) is 23.3 Å². The van der Waals surface area contributed by atoms with Gasteiger partial charge >= 0.3 is 0 Å². The molecule has 3 aromatic carbocycles. The van der Waals surface area contributed by atoms with Crippen molar-refractivity contribution in [1.82, 2.24) is 4.90 Å². The predicted molar refractivity (Wildman–Crippen MR) is 131 cm³/mol. The van der Waals surface area contributed by atoms with Crippen molar-refractivity contribution in [2.24, 2.45) is 0 Å². The lowest BCUT2D eigenvalue weighted by atomic mass is 10.0. The van der Waals surface area contributed by atoms with Gasteiger partial charge in [0.1, 0.15) is 0 Å². The highest BCUT2D eigenvalue weighted by Crippen LogP contribution is 2.37. The number of piperazine rings is 1. The normalized spacial score (nSPS) is 18.2. The topological polar surface area (TPSA) is 26.7 Å². The van der Waals surface area contributed by atoms with Crippen LogP contribution in [0.15, 0.2) is 66.7 Å². The first-order chi connectivity index (χ1) is 14.9. The summed E-state index contributed by atoms with van der Waals surface area (Å²) >= 11 is 24.8. The van der Waals surface area contributed by atoms with Crippen molar-refractivity contribution in [1.29, 1.82) is 0 Å². The number of nitrogens with zero attached hydrogens (tertiary/aromatic N) is 2. The predicted octanol–water partition coefficient (Wildman–Crippen LogP) is 6.90. The van der Waals surface area contributed by atoms with Crippen LogP contribution in [0.3, 0.4) is 0 Å². The molecular weight excluding hydrogens is 474 g/mol. The summed E-state index contributed by atoms with van der Waals surface area (Å²) in [7, 11) is 0. The lowest BCUT2D eigenvalue weighted by Crippen LogP contribution is -2.49. The molecule has 0 bridgehead atoms. The van der Waals surface area contributed by atoms with E-state index in [1.165, 1.54) is 0 Å². The molecule has 1 fully saturated rings. The Morgan fingerprint density at radius 3 is 2.06 bits per heavy atom. The molecule has 31 heavy (non-hydrogen) atoms. The van der Waals surface area contributed by atoms with Crippen molar-refractivity contribution in [2.75, 3.05) is 31.1 Å². The Balaban J connectivity index is 1.58. The third kappa shape index (κ3) is 5.48. The van der Waals surface area contributed by atoms with Crippen LogP contribution >= 0.6 is 46.4 Å². The molecule has 0 amide bonds. The van der Waals surface area contributed by atoms with E-state index in [0.29, 0.717) is 26.6 Å². The summed E-state index contributed by atoms with van der Waals surface area (Å²) in [5, 5.41) is 13.4. The molecule has 1 heterocycles. The number of halogens is 4. The SMILES string of the molecule is OC(CN1CCN(c2ccc(Cl)cc2Cl)C(c2ccc(Cl)cc2)C1)c1ccc(Cl)cc1. The van der Waals surface area contributed by atoms with Gasteiger partial charge < -0.3 is 10.0 Å². The highest BCUT2D eigenvalue weighted by atomic mass is 35.5. The second-order valence-corrected chi connectivity index (χ2v) is 9.40. The Morgan fingerprint density at radius 1 is 0.806 bits per heavy atom. The van der Waals surface area contributed by atoms with E-state index in [9.17, 15) is 5.11 Å². The highest BCUT2D eigenvalue weighted by molar-refractivity contribution is 6.36. The molecule has 2 atom stereocenters. The van der Waals surface area contributed by atoms with Crippen LogP contribution in [-0.4, -0.2) is 36.2 Å². The standard InChI is InChI=1S/C24H22Cl4N2O/c25-18-5-1-16(2-6-18)23-14-29(15-24(31)17-3-7-19(26)8-4-17)11-12-30(23)22-10-9-20(27)13-21(22)28/h1-10,13,23-24,31H,11-12,14-15H2. The molecule has 0 aliphatic carbocycles. The maximum atomic E-state index is 10.8. The Kier molecular flexibility index (Phi) is 7.33. The van der Waals surface area contributed by atoms with Crippen LogP contribution < -0.4 is 4.90 Å². The maximum absolute atomic E-state index is 10.8. The summed E-state index contributed by atoms with van der Waals surface area (Å²) in [4.78, 5) is 4.58. The molecule has 1 aliphatic heterocycles. The van der Waals surface area contributed by atoms with Gasteiger partial charge in [-0.05, 0) is 53.6 Å². The molecule has 0 radical (unpaired) electrons. The number of β-amino-alcohol motifs (C(OH)–C–C–N with tert-alkyl or cyclic N) is 1. The molecule has 4 rings (SSSR count). The van der Waals surface area contributed by atoms with Crippen LogP contribution in [-0.2, 0) is 0 Å². The fourth-order valence-corrected chi connectivity index (χ4v) is 4.78. The van der Waals surface area contributed by atoms with E-state index < -0.39 is 6.10 Å². The first-order valence-electron chi connectivity index (χ1n) is 10.0. The van der Waals surface area contributed by atoms with Crippen molar-refractivity contribution in [3.8, 4) is 0 Å². The fourth-order valence-electron chi connectivity index (χ4n) is 4.01. The largest absolute Gasteiger partial charge is 0.387 e. The molecule has 7 heteroatoms. The van der Waals surface area contributed by atoms with Crippen molar-refractivity contribution in [3.05, 3.63) is 97.9 Å². The third-order valence-electron chi connectivity index (χ3n) is 5.62. The van der Waals surface area contributed by atoms with Gasteiger partial charge in [0.15, 0.2) is 0 Å². The van der Waals surface area contributed by atoms with E-state index in [2.05, 4.69) is 9.80 Å². The first-order valence-corrected chi connectivity index (χ1v) is 11.5. The van der Waals surface area contributed by atoms with Crippen molar-refractivity contribution in [3.63, 3.8) is 0 Å². The molecule has 3 nitrogen and oxygen atoms in total. The maximum Gasteiger partial charge on any atom is 0.0916 e. The second kappa shape index (κ2) is 9.99. The van der Waals surface area contributed by atoms with Crippen LogP contribution in [0.25, 0.3) is 0 Å². The fraction of sp³-hybridized carbons (Fsp3) is 0.250. The second-order valence-electron chi connectivity index (χ2n) is 7.68. The Morgan fingerprint density at radius 2 is 1.42 bits per heavy atom. The Hall–Kier alpha value is -1.46. The number of hydrogen-bond donors (Lipinski definition) is 1. The van der Waals surface area contributed by atoms with E-state index in [1.54, 1.807) is 18.2 Å². The summed E-state index contributed by atoms with van der Waals surface area (Å²) in [6.07, 6.45) is -0.589. The molecule has 162 valence electrons. The van der Waals surface area contributed by atoms with E-state index in [1.807, 2.05) is 48.5 Å². The smallest absolute Gasteiger partial charge is 0.0916 e. The summed E-state index contributed by atoms with van der Waals surface area (Å²) in [5.41, 5.74) is 2.95. The van der Waals surface area contributed by atoms with Gasteiger partial charge in [0.05, 0.1) is 22.9 Å². The van der Waals surface area contributed by atoms with Gasteiger partial charge in [-0.25, -0.2) is 0 Å². The number of hydrogen-bond acceptors (Lipinski definition) is 3. The van der Waals surface area contributed by atoms with Crippen LogP contribution in [0, 0.1) is 0 Å². The zero-order valence-electron chi connectivity index (χ0n) is 16.7. The van der Waals surface area contributed by atoms with E-state index in [0.717, 1.165) is 36.4 Å². The molecular formula is C24H22Cl4N2O. The Bertz CT molecular complexity index is 1030. The van der Waals surface area contributed by atoms with Crippen molar-refractivity contribution >= 4 is 52.1 Å². The van der Waals surface area contributed by atoms with Crippen LogP contribution in [0.2, 0.25) is 20.1 Å². The summed E-state index contributed by atoms with van der Waals surface area (Å²) in [6.45, 7) is 2.84. The van der Waals surface area contributed by atoms with E-state index in [-0.39, 0.29) is 6.04 Å². The van der Waals surface area contributed by atoms with Gasteiger partial charge in [-0.1, -0.05) is 70.7 Å². The van der Waals surface area contributed by atoms with Crippen molar-refractivity contribution < 1.29 is 5.11 Å². The number of benzene rings is 3. The molecule has 1 N–H and O–H groups in total. The van der Waals surface area contributed by atoms with Crippen LogP contribution in [0.4, 0.5) is 5.69 Å². The van der Waals surface area contributed by atoms with Gasteiger partial charge in [0.25, 0.3) is 0 Å². The average Bonchev–Trinajstić information content (AvgIpc) is 2.75. The molecule has 1 aliphatic rings. The third-order valence-corrected chi connectivity index (χ3v) is 6.67. The minimum absolute atomic E-state index is 0.0575. The molecule has 3 aromatic rings. The van der Waals surface area contributed by atoms with Gasteiger partial charge in [-0.15, -0.1) is 0 Å². The molecule has 2 unspecified atom stereocenters. The first kappa shape index (κ1) is 22.7. The number of aliphatic hydroxyl groups is 1.